The monoisotopic (exact) mass is 486 g/mol. The van der Waals surface area contributed by atoms with Gasteiger partial charge < -0.3 is 14.4 Å². The third-order valence-electron chi connectivity index (χ3n) is 4.91. The number of sulfonamides is 1. The fraction of sp³-hybridized carbons (Fsp3) is 0.208. The van der Waals surface area contributed by atoms with E-state index in [1.807, 2.05) is 29.6 Å². The van der Waals surface area contributed by atoms with Crippen molar-refractivity contribution in [3.05, 3.63) is 76.5 Å². The Labute approximate surface area is 198 Å². The summed E-state index contributed by atoms with van der Waals surface area (Å²) in [5.41, 5.74) is 1.29. The van der Waals surface area contributed by atoms with Crippen LogP contribution in [-0.2, 0) is 21.4 Å². The number of hydrogen-bond donors (Lipinski definition) is 0. The number of benzene rings is 2. The van der Waals surface area contributed by atoms with Crippen molar-refractivity contribution in [2.75, 3.05) is 33.2 Å². The van der Waals surface area contributed by atoms with Crippen molar-refractivity contribution < 1.29 is 22.7 Å². The molecule has 1 amide bonds. The quantitative estimate of drug-likeness (QED) is 0.423. The first-order chi connectivity index (χ1) is 15.8. The van der Waals surface area contributed by atoms with Crippen molar-refractivity contribution in [2.24, 2.45) is 0 Å². The summed E-state index contributed by atoms with van der Waals surface area (Å²) in [5, 5.41) is 1.96. The van der Waals surface area contributed by atoms with Gasteiger partial charge in [-0.05, 0) is 59.5 Å². The number of thiophene rings is 1. The summed E-state index contributed by atoms with van der Waals surface area (Å²) < 4.78 is 36.9. The van der Waals surface area contributed by atoms with E-state index in [9.17, 15) is 13.2 Å². The van der Waals surface area contributed by atoms with Crippen molar-refractivity contribution in [3.8, 4) is 11.5 Å². The second-order valence-corrected chi connectivity index (χ2v) is 10.4. The van der Waals surface area contributed by atoms with E-state index in [-0.39, 0.29) is 16.6 Å². The molecule has 33 heavy (non-hydrogen) atoms. The van der Waals surface area contributed by atoms with E-state index in [1.165, 1.54) is 33.3 Å². The summed E-state index contributed by atoms with van der Waals surface area (Å²) in [5.74, 6) is 0.705. The molecule has 1 heterocycles. The Morgan fingerprint density at radius 2 is 1.76 bits per heavy atom. The molecular weight excluding hydrogens is 460 g/mol. The van der Waals surface area contributed by atoms with Crippen LogP contribution >= 0.6 is 11.3 Å². The summed E-state index contributed by atoms with van der Waals surface area (Å²) in [7, 11) is 2.21. The number of hydrogen-bond acceptors (Lipinski definition) is 6. The zero-order valence-corrected chi connectivity index (χ0v) is 20.5. The van der Waals surface area contributed by atoms with Gasteiger partial charge in [-0.25, -0.2) is 12.7 Å². The van der Waals surface area contributed by atoms with E-state index in [0.717, 1.165) is 14.9 Å². The van der Waals surface area contributed by atoms with Gasteiger partial charge in [-0.15, -0.1) is 11.3 Å². The highest BCUT2D eigenvalue weighted by Gasteiger charge is 2.22. The molecule has 7 nitrogen and oxygen atoms in total. The lowest BCUT2D eigenvalue weighted by Gasteiger charge is -2.21. The minimum atomic E-state index is -3.71. The van der Waals surface area contributed by atoms with Crippen LogP contribution in [0.3, 0.4) is 0 Å². The van der Waals surface area contributed by atoms with Crippen LogP contribution in [0.1, 0.15) is 10.4 Å². The van der Waals surface area contributed by atoms with Crippen LogP contribution in [0.5, 0.6) is 11.5 Å². The Kier molecular flexibility index (Phi) is 7.91. The number of amides is 1. The lowest BCUT2D eigenvalue weighted by molar-refractivity contribution is -0.114. The summed E-state index contributed by atoms with van der Waals surface area (Å²) >= 11 is 1.57. The van der Waals surface area contributed by atoms with Crippen LogP contribution in [0, 0.1) is 0 Å². The van der Waals surface area contributed by atoms with Gasteiger partial charge in [-0.3, -0.25) is 4.79 Å². The fourth-order valence-corrected chi connectivity index (χ4v) is 4.85. The normalized spacial score (nSPS) is 11.7. The highest BCUT2D eigenvalue weighted by Crippen LogP contribution is 2.28. The Balaban J connectivity index is 1.92. The van der Waals surface area contributed by atoms with E-state index in [1.54, 1.807) is 53.7 Å². The molecule has 0 aliphatic rings. The molecule has 0 spiro atoms. The number of ether oxygens (including phenoxy) is 2. The van der Waals surface area contributed by atoms with Crippen LogP contribution < -0.4 is 14.4 Å². The first-order valence-electron chi connectivity index (χ1n) is 10.0. The van der Waals surface area contributed by atoms with Gasteiger partial charge in [0, 0.05) is 30.7 Å². The van der Waals surface area contributed by atoms with Gasteiger partial charge in [0.1, 0.15) is 16.4 Å². The van der Waals surface area contributed by atoms with Gasteiger partial charge in [0.25, 0.3) is 5.91 Å². The van der Waals surface area contributed by atoms with E-state index < -0.39 is 10.0 Å². The van der Waals surface area contributed by atoms with Crippen molar-refractivity contribution in [3.63, 3.8) is 0 Å². The molecule has 0 radical (unpaired) electrons. The Morgan fingerprint density at radius 1 is 1.03 bits per heavy atom. The molecule has 0 saturated heterocycles. The van der Waals surface area contributed by atoms with Crippen molar-refractivity contribution in [1.29, 1.82) is 0 Å². The predicted molar refractivity (Wildman–Crippen MR) is 131 cm³/mol. The van der Waals surface area contributed by atoms with Crippen molar-refractivity contribution in [2.45, 2.75) is 11.4 Å². The van der Waals surface area contributed by atoms with Gasteiger partial charge in [0.2, 0.25) is 10.0 Å². The molecule has 0 aliphatic heterocycles. The molecule has 3 rings (SSSR count). The smallest absolute Gasteiger partial charge is 0.251 e. The molecular formula is C24H26N2O5S2. The molecule has 0 unspecified atom stereocenters. The van der Waals surface area contributed by atoms with E-state index >= 15 is 0 Å². The van der Waals surface area contributed by atoms with Crippen molar-refractivity contribution in [1.82, 2.24) is 4.31 Å². The maximum Gasteiger partial charge on any atom is 0.251 e. The summed E-state index contributed by atoms with van der Waals surface area (Å²) in [4.78, 5) is 15.9. The summed E-state index contributed by atoms with van der Waals surface area (Å²) in [6.07, 6.45) is 3.03. The molecule has 0 bridgehead atoms. The van der Waals surface area contributed by atoms with Crippen LogP contribution in [0.25, 0.3) is 6.08 Å². The average Bonchev–Trinajstić information content (AvgIpc) is 3.34. The van der Waals surface area contributed by atoms with E-state index in [4.69, 9.17) is 9.47 Å². The van der Waals surface area contributed by atoms with Crippen molar-refractivity contribution >= 4 is 39.0 Å². The number of rotatable bonds is 9. The number of carbonyl (C=O) groups excluding carboxylic acids is 1. The summed E-state index contributed by atoms with van der Waals surface area (Å²) in [6.45, 7) is 0.413. The third-order valence-corrected chi connectivity index (χ3v) is 7.61. The van der Waals surface area contributed by atoms with Crippen LogP contribution in [0.2, 0.25) is 0 Å². The van der Waals surface area contributed by atoms with Crippen LogP contribution in [0.15, 0.2) is 70.9 Å². The average molecular weight is 487 g/mol. The maximum absolute atomic E-state index is 13.2. The van der Waals surface area contributed by atoms with Gasteiger partial charge in [-0.1, -0.05) is 12.1 Å². The Hall–Kier alpha value is -3.14. The van der Waals surface area contributed by atoms with E-state index in [0.29, 0.717) is 17.9 Å². The van der Waals surface area contributed by atoms with E-state index in [2.05, 4.69) is 0 Å². The topological polar surface area (TPSA) is 76.1 Å². The van der Waals surface area contributed by atoms with Gasteiger partial charge in [0.05, 0.1) is 20.8 Å². The highest BCUT2D eigenvalue weighted by molar-refractivity contribution is 7.89. The number of nitrogens with zero attached hydrogens (tertiary/aromatic N) is 2. The second-order valence-electron chi connectivity index (χ2n) is 7.23. The number of carbonyl (C=O) groups is 1. The molecule has 2 aromatic carbocycles. The molecule has 0 saturated carbocycles. The van der Waals surface area contributed by atoms with Gasteiger partial charge in [-0.2, -0.15) is 0 Å². The number of methoxy groups -OCH3 is 2. The molecule has 1 aromatic heterocycles. The SMILES string of the molecule is COc1ccc(N(Cc2cccs2)C(=O)/C=C/c2ccc(OC)c(S(=O)(=O)N(C)C)c2)cc1. The largest absolute Gasteiger partial charge is 0.497 e. The first kappa shape index (κ1) is 24.5. The third kappa shape index (κ3) is 5.81. The second kappa shape index (κ2) is 10.7. The van der Waals surface area contributed by atoms with Crippen LogP contribution in [-0.4, -0.2) is 46.9 Å². The fourth-order valence-electron chi connectivity index (χ4n) is 3.07. The zero-order valence-electron chi connectivity index (χ0n) is 18.9. The van der Waals surface area contributed by atoms with Crippen LogP contribution in [0.4, 0.5) is 5.69 Å². The lowest BCUT2D eigenvalue weighted by Crippen LogP contribution is -2.28. The number of anilines is 1. The molecule has 0 atom stereocenters. The molecule has 9 heteroatoms. The maximum atomic E-state index is 13.2. The van der Waals surface area contributed by atoms with Gasteiger partial charge >= 0.3 is 0 Å². The lowest BCUT2D eigenvalue weighted by atomic mass is 10.2. The standard InChI is InChI=1S/C24H26N2O5S2/c1-25(2)33(28,29)23-16-18(7-13-22(23)31-4)8-14-24(27)26(17-21-6-5-15-32-21)19-9-11-20(30-3)12-10-19/h5-16H,17H2,1-4H3/b14-8+. The van der Waals surface area contributed by atoms with Gasteiger partial charge in [0.15, 0.2) is 0 Å². The molecule has 0 fully saturated rings. The molecule has 3 aromatic rings. The minimum absolute atomic E-state index is 0.0372. The molecule has 0 N–H and O–H groups in total. The Bertz CT molecular complexity index is 1220. The first-order valence-corrected chi connectivity index (χ1v) is 12.3. The molecule has 174 valence electrons. The molecule has 0 aliphatic carbocycles. The zero-order chi connectivity index (χ0) is 24.0. The summed E-state index contributed by atoms with van der Waals surface area (Å²) in [6, 6.07) is 15.9. The predicted octanol–water partition coefficient (Wildman–Crippen LogP) is 4.26. The minimum Gasteiger partial charge on any atom is -0.497 e. The Morgan fingerprint density at radius 3 is 2.33 bits per heavy atom. The highest BCUT2D eigenvalue weighted by atomic mass is 32.2.